The minimum absolute atomic E-state index is 0.0396. The Balaban J connectivity index is 1.61. The van der Waals surface area contributed by atoms with E-state index in [4.69, 9.17) is 11.5 Å². The van der Waals surface area contributed by atoms with Crippen LogP contribution in [0, 0.1) is 0 Å². The Morgan fingerprint density at radius 1 is 0.800 bits per heavy atom. The number of allylic oxidation sites excluding steroid dienone is 6. The van der Waals surface area contributed by atoms with Gasteiger partial charge < -0.3 is 16.4 Å². The number of para-hydroxylation sites is 2. The summed E-state index contributed by atoms with van der Waals surface area (Å²) in [6, 6.07) is 17.5. The minimum Gasteiger partial charge on any atom is -0.344 e. The van der Waals surface area contributed by atoms with E-state index in [9.17, 15) is 0 Å². The lowest BCUT2D eigenvalue weighted by Crippen LogP contribution is -2.28. The average Bonchev–Trinajstić information content (AvgIpc) is 3.20. The maximum atomic E-state index is 5.85. The molecule has 0 saturated heterocycles. The Morgan fingerprint density at radius 3 is 2.23 bits per heavy atom. The molecule has 4 heteroatoms. The van der Waals surface area contributed by atoms with Crippen LogP contribution < -0.4 is 16.4 Å². The van der Waals surface area contributed by atoms with Gasteiger partial charge in [0, 0.05) is 47.5 Å². The zero-order valence-corrected chi connectivity index (χ0v) is 21.8. The summed E-state index contributed by atoms with van der Waals surface area (Å²) >= 11 is 0. The van der Waals surface area contributed by atoms with E-state index in [2.05, 4.69) is 116 Å². The van der Waals surface area contributed by atoms with Gasteiger partial charge >= 0.3 is 0 Å². The molecule has 4 nitrogen and oxygen atoms in total. The van der Waals surface area contributed by atoms with Gasteiger partial charge in [0.1, 0.15) is 0 Å². The van der Waals surface area contributed by atoms with Crippen molar-refractivity contribution in [3.63, 3.8) is 0 Å². The third-order valence-electron chi connectivity index (χ3n) is 7.50. The Kier molecular flexibility index (Phi) is 7.44. The number of nitrogens with zero attached hydrogens (tertiary/aromatic N) is 2. The van der Waals surface area contributed by atoms with Crippen molar-refractivity contribution in [2.24, 2.45) is 11.5 Å². The molecule has 0 fully saturated rings. The minimum atomic E-state index is -0.0396. The first-order chi connectivity index (χ1) is 16.8. The predicted octanol–water partition coefficient (Wildman–Crippen LogP) is 5.55. The van der Waals surface area contributed by atoms with Crippen molar-refractivity contribution >= 4 is 17.1 Å². The maximum absolute atomic E-state index is 5.85. The van der Waals surface area contributed by atoms with Crippen molar-refractivity contribution in [1.29, 1.82) is 0 Å². The van der Waals surface area contributed by atoms with Crippen LogP contribution in [0.15, 0.2) is 84.6 Å². The molecule has 2 aliphatic heterocycles. The molecule has 2 aromatic carbocycles. The second kappa shape index (κ2) is 10.3. The molecule has 184 valence electrons. The molecule has 2 aliphatic rings. The first kappa shape index (κ1) is 25.2. The standard InChI is InChI=1S/C31H41N4/c1-30(2)24-14-8-10-16-26(24)34(22-12-20-32)28(30)18-6-5-7-19-29-31(3,4)25-15-9-11-17-27(25)35(29)23-13-21-33/h5-11,14-19H,12-13,20-23,32-33H2,1-4H3/q+1. The van der Waals surface area contributed by atoms with Crippen molar-refractivity contribution in [2.45, 2.75) is 51.4 Å². The lowest BCUT2D eigenvalue weighted by molar-refractivity contribution is -0.437. The Bertz CT molecular complexity index is 1180. The molecule has 0 aromatic heterocycles. The molecule has 0 amide bonds. The van der Waals surface area contributed by atoms with Crippen molar-refractivity contribution in [2.75, 3.05) is 31.1 Å². The van der Waals surface area contributed by atoms with Crippen LogP contribution in [0.5, 0.6) is 0 Å². The number of benzene rings is 2. The number of rotatable bonds is 9. The lowest BCUT2D eigenvalue weighted by Gasteiger charge is -2.26. The summed E-state index contributed by atoms with van der Waals surface area (Å²) < 4.78 is 2.44. The predicted molar refractivity (Wildman–Crippen MR) is 150 cm³/mol. The monoisotopic (exact) mass is 469 g/mol. The van der Waals surface area contributed by atoms with Crippen molar-refractivity contribution in [3.8, 4) is 0 Å². The summed E-state index contributed by atoms with van der Waals surface area (Å²) in [6.07, 6.45) is 13.0. The molecule has 0 radical (unpaired) electrons. The Morgan fingerprint density at radius 2 is 1.49 bits per heavy atom. The van der Waals surface area contributed by atoms with Crippen molar-refractivity contribution in [3.05, 3.63) is 95.7 Å². The normalized spacial score (nSPS) is 19.4. The van der Waals surface area contributed by atoms with Crippen LogP contribution in [0.1, 0.15) is 51.7 Å². The lowest BCUT2D eigenvalue weighted by atomic mass is 9.81. The molecule has 4 N–H and O–H groups in total. The van der Waals surface area contributed by atoms with Gasteiger partial charge in [-0.25, -0.2) is 0 Å². The zero-order chi connectivity index (χ0) is 25.1. The maximum Gasteiger partial charge on any atom is 0.209 e. The Labute approximate surface area is 211 Å². The first-order valence-electron chi connectivity index (χ1n) is 12.9. The summed E-state index contributed by atoms with van der Waals surface area (Å²) in [5.41, 5.74) is 19.6. The molecule has 0 spiro atoms. The molecule has 2 aromatic rings. The highest BCUT2D eigenvalue weighted by Crippen LogP contribution is 2.47. The van der Waals surface area contributed by atoms with E-state index in [1.807, 2.05) is 0 Å². The third kappa shape index (κ3) is 4.65. The molecule has 35 heavy (non-hydrogen) atoms. The van der Waals surface area contributed by atoms with E-state index in [0.29, 0.717) is 13.1 Å². The van der Waals surface area contributed by atoms with E-state index in [1.165, 1.54) is 33.9 Å². The van der Waals surface area contributed by atoms with Gasteiger partial charge in [-0.3, -0.25) is 0 Å². The number of hydrogen-bond donors (Lipinski definition) is 2. The quantitative estimate of drug-likeness (QED) is 0.374. The molecule has 2 heterocycles. The van der Waals surface area contributed by atoms with E-state index < -0.39 is 0 Å². The molecular weight excluding hydrogens is 428 g/mol. The molecule has 4 rings (SSSR count). The van der Waals surface area contributed by atoms with Crippen LogP contribution in [0.2, 0.25) is 0 Å². The summed E-state index contributed by atoms with van der Waals surface area (Å²) in [4.78, 5) is 2.44. The molecule has 0 saturated carbocycles. The van der Waals surface area contributed by atoms with Crippen molar-refractivity contribution in [1.82, 2.24) is 0 Å². The highest BCUT2D eigenvalue weighted by atomic mass is 15.2. The van der Waals surface area contributed by atoms with Crippen LogP contribution in [0.25, 0.3) is 0 Å². The fourth-order valence-corrected chi connectivity index (χ4v) is 5.62. The highest BCUT2D eigenvalue weighted by Gasteiger charge is 2.43. The SMILES string of the molecule is CC1(C)C(/C=C/C=C/C=C2/N(CCCN)c3ccccc3C2(C)C)=[N+](CCCN)c2ccccc21. The van der Waals surface area contributed by atoms with Gasteiger partial charge in [-0.1, -0.05) is 68.5 Å². The van der Waals surface area contributed by atoms with Gasteiger partial charge in [-0.15, -0.1) is 0 Å². The van der Waals surface area contributed by atoms with Gasteiger partial charge in [0.25, 0.3) is 0 Å². The van der Waals surface area contributed by atoms with E-state index in [1.54, 1.807) is 0 Å². The van der Waals surface area contributed by atoms with Gasteiger partial charge in [0.2, 0.25) is 5.69 Å². The third-order valence-corrected chi connectivity index (χ3v) is 7.50. The fraction of sp³-hybridized carbons (Fsp3) is 0.387. The molecule has 0 bridgehead atoms. The van der Waals surface area contributed by atoms with Crippen LogP contribution in [0.4, 0.5) is 11.4 Å². The number of fused-ring (bicyclic) bond motifs is 2. The van der Waals surface area contributed by atoms with Gasteiger partial charge in [0.15, 0.2) is 12.3 Å². The van der Waals surface area contributed by atoms with Crippen molar-refractivity contribution < 1.29 is 4.58 Å². The Hall–Kier alpha value is -2.95. The first-order valence-corrected chi connectivity index (χ1v) is 12.9. The summed E-state index contributed by atoms with van der Waals surface area (Å²) in [5, 5.41) is 0. The largest absolute Gasteiger partial charge is 0.344 e. The molecule has 0 unspecified atom stereocenters. The highest BCUT2D eigenvalue weighted by molar-refractivity contribution is 6.03. The summed E-state index contributed by atoms with van der Waals surface area (Å²) in [7, 11) is 0. The molecule has 0 atom stereocenters. The number of anilines is 1. The molecular formula is C31H41N4+. The van der Waals surface area contributed by atoms with Crippen LogP contribution in [0.3, 0.4) is 0 Å². The van der Waals surface area contributed by atoms with E-state index in [-0.39, 0.29) is 10.8 Å². The number of hydrogen-bond acceptors (Lipinski definition) is 3. The second-order valence-electron chi connectivity index (χ2n) is 10.6. The van der Waals surface area contributed by atoms with Crippen LogP contribution in [-0.4, -0.2) is 36.5 Å². The fourth-order valence-electron chi connectivity index (χ4n) is 5.62. The van der Waals surface area contributed by atoms with Gasteiger partial charge in [-0.05, 0) is 51.1 Å². The second-order valence-corrected chi connectivity index (χ2v) is 10.6. The topological polar surface area (TPSA) is 58.3 Å². The zero-order valence-electron chi connectivity index (χ0n) is 21.8. The van der Waals surface area contributed by atoms with Gasteiger partial charge in [-0.2, -0.15) is 4.58 Å². The summed E-state index contributed by atoms with van der Waals surface area (Å²) in [5.74, 6) is 0. The van der Waals surface area contributed by atoms with Gasteiger partial charge in [0.05, 0.1) is 5.41 Å². The smallest absolute Gasteiger partial charge is 0.209 e. The summed E-state index contributed by atoms with van der Waals surface area (Å²) in [6.45, 7) is 12.5. The van der Waals surface area contributed by atoms with E-state index in [0.717, 1.165) is 25.9 Å². The number of nitrogens with two attached hydrogens (primary N) is 2. The van der Waals surface area contributed by atoms with E-state index >= 15 is 0 Å². The van der Waals surface area contributed by atoms with Crippen LogP contribution in [-0.2, 0) is 10.8 Å². The molecule has 0 aliphatic carbocycles. The average molecular weight is 470 g/mol. The van der Waals surface area contributed by atoms with Crippen LogP contribution >= 0.6 is 0 Å².